The number of pyridine rings is 1. The first kappa shape index (κ1) is 16.5. The van der Waals surface area contributed by atoms with Gasteiger partial charge in [-0.15, -0.1) is 0 Å². The smallest absolute Gasteiger partial charge is 0.251 e. The van der Waals surface area contributed by atoms with Crippen molar-refractivity contribution in [3.8, 4) is 5.88 Å². The number of amides is 1. The second-order valence-corrected chi connectivity index (χ2v) is 6.60. The van der Waals surface area contributed by atoms with Gasteiger partial charge >= 0.3 is 0 Å². The summed E-state index contributed by atoms with van der Waals surface area (Å²) in [6, 6.07) is 11.8. The Hall–Kier alpha value is -2.36. The van der Waals surface area contributed by atoms with E-state index in [4.69, 9.17) is 4.74 Å². The van der Waals surface area contributed by atoms with Crippen molar-refractivity contribution < 1.29 is 9.53 Å². The number of ether oxygens (including phenoxy) is 1. The van der Waals surface area contributed by atoms with Gasteiger partial charge in [0.15, 0.2) is 0 Å². The molecule has 1 aromatic carbocycles. The summed E-state index contributed by atoms with van der Waals surface area (Å²) in [5.74, 6) is 0.701. The van der Waals surface area contributed by atoms with E-state index in [1.165, 1.54) is 0 Å². The van der Waals surface area contributed by atoms with E-state index in [0.29, 0.717) is 5.88 Å². The van der Waals surface area contributed by atoms with Crippen LogP contribution in [0.15, 0.2) is 42.6 Å². The topological polar surface area (TPSA) is 51.2 Å². The molecule has 0 saturated heterocycles. The van der Waals surface area contributed by atoms with Crippen molar-refractivity contribution >= 4 is 5.91 Å². The lowest BCUT2D eigenvalue weighted by Gasteiger charge is -2.29. The molecule has 4 nitrogen and oxygen atoms in total. The van der Waals surface area contributed by atoms with Gasteiger partial charge in [-0.05, 0) is 57.2 Å². The predicted molar refractivity (Wildman–Crippen MR) is 94.3 cm³/mol. The third-order valence-corrected chi connectivity index (χ3v) is 4.49. The Morgan fingerprint density at radius 3 is 2.29 bits per heavy atom. The Balaban J connectivity index is 1.47. The van der Waals surface area contributed by atoms with Crippen molar-refractivity contribution in [2.24, 2.45) is 0 Å². The van der Waals surface area contributed by atoms with E-state index < -0.39 is 0 Å². The van der Waals surface area contributed by atoms with Crippen LogP contribution < -0.4 is 10.1 Å². The molecular formula is C20H24N2O2. The summed E-state index contributed by atoms with van der Waals surface area (Å²) in [5, 5.41) is 3.14. The normalized spacial score (nSPS) is 20.4. The van der Waals surface area contributed by atoms with Crippen molar-refractivity contribution in [1.82, 2.24) is 10.3 Å². The SMILES string of the molecule is Cc1ccc(C(=O)NC2CCC(Oc3ccc(C)cn3)CC2)cc1. The fourth-order valence-corrected chi connectivity index (χ4v) is 2.99. The summed E-state index contributed by atoms with van der Waals surface area (Å²) >= 11 is 0. The summed E-state index contributed by atoms with van der Waals surface area (Å²) in [4.78, 5) is 16.6. The largest absolute Gasteiger partial charge is 0.474 e. The zero-order chi connectivity index (χ0) is 16.9. The second-order valence-electron chi connectivity index (χ2n) is 6.60. The minimum Gasteiger partial charge on any atom is -0.474 e. The molecule has 1 saturated carbocycles. The number of aryl methyl sites for hydroxylation is 2. The summed E-state index contributed by atoms with van der Waals surface area (Å²) in [6.07, 6.45) is 5.76. The molecule has 1 aliphatic rings. The van der Waals surface area contributed by atoms with Crippen LogP contribution in [0.4, 0.5) is 0 Å². The zero-order valence-electron chi connectivity index (χ0n) is 14.3. The first-order valence-corrected chi connectivity index (χ1v) is 8.57. The Bertz CT molecular complexity index is 672. The number of carbonyl (C=O) groups excluding carboxylic acids is 1. The number of nitrogens with zero attached hydrogens (tertiary/aromatic N) is 1. The van der Waals surface area contributed by atoms with Crippen LogP contribution in [0, 0.1) is 13.8 Å². The quantitative estimate of drug-likeness (QED) is 0.930. The molecule has 0 aliphatic heterocycles. The van der Waals surface area contributed by atoms with Gasteiger partial charge in [-0.25, -0.2) is 4.98 Å². The number of carbonyl (C=O) groups is 1. The van der Waals surface area contributed by atoms with E-state index in [9.17, 15) is 4.79 Å². The molecule has 0 radical (unpaired) electrons. The van der Waals surface area contributed by atoms with Crippen LogP contribution in [0.5, 0.6) is 5.88 Å². The molecule has 1 amide bonds. The van der Waals surface area contributed by atoms with Crippen LogP contribution in [-0.2, 0) is 0 Å². The number of aromatic nitrogens is 1. The molecule has 3 rings (SSSR count). The van der Waals surface area contributed by atoms with Crippen LogP contribution in [0.2, 0.25) is 0 Å². The number of hydrogen-bond acceptors (Lipinski definition) is 3. The van der Waals surface area contributed by atoms with Gasteiger partial charge in [0.05, 0.1) is 0 Å². The highest BCUT2D eigenvalue weighted by Gasteiger charge is 2.24. The molecule has 1 N–H and O–H groups in total. The van der Waals surface area contributed by atoms with Crippen LogP contribution in [-0.4, -0.2) is 23.0 Å². The predicted octanol–water partition coefficient (Wildman–Crippen LogP) is 3.82. The lowest BCUT2D eigenvalue weighted by Crippen LogP contribution is -2.39. The van der Waals surface area contributed by atoms with Crippen LogP contribution >= 0.6 is 0 Å². The van der Waals surface area contributed by atoms with Gasteiger partial charge < -0.3 is 10.1 Å². The Labute approximate surface area is 143 Å². The molecule has 0 atom stereocenters. The summed E-state index contributed by atoms with van der Waals surface area (Å²) in [7, 11) is 0. The fraction of sp³-hybridized carbons (Fsp3) is 0.400. The molecule has 1 aromatic heterocycles. The lowest BCUT2D eigenvalue weighted by atomic mass is 9.92. The molecule has 126 valence electrons. The van der Waals surface area contributed by atoms with Gasteiger partial charge in [0, 0.05) is 23.9 Å². The van der Waals surface area contributed by atoms with Gasteiger partial charge in [0.1, 0.15) is 6.10 Å². The molecule has 24 heavy (non-hydrogen) atoms. The first-order chi connectivity index (χ1) is 11.6. The third-order valence-electron chi connectivity index (χ3n) is 4.49. The third kappa shape index (κ3) is 4.34. The highest BCUT2D eigenvalue weighted by molar-refractivity contribution is 5.94. The summed E-state index contributed by atoms with van der Waals surface area (Å²) in [6.45, 7) is 4.03. The van der Waals surface area contributed by atoms with Crippen LogP contribution in [0.25, 0.3) is 0 Å². The average Bonchev–Trinajstić information content (AvgIpc) is 2.59. The minimum absolute atomic E-state index is 0.0135. The molecule has 0 bridgehead atoms. The zero-order valence-corrected chi connectivity index (χ0v) is 14.3. The Kier molecular flexibility index (Phi) is 5.14. The maximum absolute atomic E-state index is 12.3. The maximum atomic E-state index is 12.3. The number of benzene rings is 1. The minimum atomic E-state index is 0.0135. The molecule has 4 heteroatoms. The van der Waals surface area contributed by atoms with Crippen molar-refractivity contribution in [3.05, 3.63) is 59.3 Å². The van der Waals surface area contributed by atoms with Gasteiger partial charge in [-0.1, -0.05) is 23.8 Å². The van der Waals surface area contributed by atoms with Crippen LogP contribution in [0.1, 0.15) is 47.2 Å². The van der Waals surface area contributed by atoms with Gasteiger partial charge in [0.25, 0.3) is 5.91 Å². The van der Waals surface area contributed by atoms with Crippen molar-refractivity contribution in [2.75, 3.05) is 0 Å². The molecule has 1 fully saturated rings. The first-order valence-electron chi connectivity index (χ1n) is 8.57. The maximum Gasteiger partial charge on any atom is 0.251 e. The van der Waals surface area contributed by atoms with E-state index in [0.717, 1.165) is 42.4 Å². The molecule has 1 aliphatic carbocycles. The monoisotopic (exact) mass is 324 g/mol. The molecule has 0 unspecified atom stereocenters. The van der Waals surface area contributed by atoms with Gasteiger partial charge in [-0.3, -0.25) is 4.79 Å². The van der Waals surface area contributed by atoms with E-state index in [-0.39, 0.29) is 18.1 Å². The fourth-order valence-electron chi connectivity index (χ4n) is 2.99. The highest BCUT2D eigenvalue weighted by Crippen LogP contribution is 2.23. The van der Waals surface area contributed by atoms with Crippen molar-refractivity contribution in [2.45, 2.75) is 51.7 Å². The van der Waals surface area contributed by atoms with Gasteiger partial charge in [-0.2, -0.15) is 0 Å². The van der Waals surface area contributed by atoms with E-state index >= 15 is 0 Å². The Morgan fingerprint density at radius 2 is 1.67 bits per heavy atom. The Morgan fingerprint density at radius 1 is 1.00 bits per heavy atom. The number of nitrogens with one attached hydrogen (secondary N) is 1. The van der Waals surface area contributed by atoms with E-state index in [2.05, 4.69) is 10.3 Å². The standard InChI is InChI=1S/C20H24N2O2/c1-14-3-6-16(7-4-14)20(23)22-17-8-10-18(11-9-17)24-19-12-5-15(2)13-21-19/h3-7,12-13,17-18H,8-11H2,1-2H3,(H,22,23). The van der Waals surface area contributed by atoms with Crippen molar-refractivity contribution in [1.29, 1.82) is 0 Å². The second kappa shape index (κ2) is 7.47. The average molecular weight is 324 g/mol. The lowest BCUT2D eigenvalue weighted by molar-refractivity contribution is 0.0890. The van der Waals surface area contributed by atoms with Crippen molar-refractivity contribution in [3.63, 3.8) is 0 Å². The van der Waals surface area contributed by atoms with Crippen LogP contribution in [0.3, 0.4) is 0 Å². The number of hydrogen-bond donors (Lipinski definition) is 1. The highest BCUT2D eigenvalue weighted by atomic mass is 16.5. The summed E-state index contributed by atoms with van der Waals surface area (Å²) < 4.78 is 5.94. The van der Waals surface area contributed by atoms with Gasteiger partial charge in [0.2, 0.25) is 5.88 Å². The molecular weight excluding hydrogens is 300 g/mol. The summed E-state index contributed by atoms with van der Waals surface area (Å²) in [5.41, 5.74) is 3.02. The molecule has 2 aromatic rings. The van der Waals surface area contributed by atoms with E-state index in [1.54, 1.807) is 0 Å². The molecule has 0 spiro atoms. The number of rotatable bonds is 4. The molecule has 1 heterocycles. The van der Waals surface area contributed by atoms with E-state index in [1.807, 2.05) is 56.4 Å².